The number of hydrogen-bond donors (Lipinski definition) is 0. The molecule has 5 aromatic rings. The van der Waals surface area contributed by atoms with Crippen molar-refractivity contribution < 1.29 is 42.9 Å². The lowest BCUT2D eigenvalue weighted by molar-refractivity contribution is 0.0472. The summed E-state index contributed by atoms with van der Waals surface area (Å²) in [6.45, 7) is -0.737. The molecule has 0 atom stereocenters. The average molecular weight is 601 g/mol. The van der Waals surface area contributed by atoms with E-state index in [-0.39, 0.29) is 33.6 Å². The molecule has 9 nitrogen and oxygen atoms in total. The SMILES string of the molecule is O=C(OCC(=O)c1ccc(OC(=O)c2ccccc2)c(OC(=O)c2ccccc2)c1OC(=O)c1ccccc1)c1ccccc1. The summed E-state index contributed by atoms with van der Waals surface area (Å²) in [5.41, 5.74) is 0.399. The first-order chi connectivity index (χ1) is 21.9. The van der Waals surface area contributed by atoms with Crippen LogP contribution in [-0.2, 0) is 4.74 Å². The zero-order valence-corrected chi connectivity index (χ0v) is 23.6. The molecule has 9 heteroatoms. The molecule has 0 aliphatic carbocycles. The fraction of sp³-hybridized carbons (Fsp3) is 0.0278. The Kier molecular flexibility index (Phi) is 9.51. The summed E-state index contributed by atoms with van der Waals surface area (Å²) in [6, 6.07) is 34.3. The fourth-order valence-corrected chi connectivity index (χ4v) is 4.09. The topological polar surface area (TPSA) is 122 Å². The second-order valence-corrected chi connectivity index (χ2v) is 9.40. The van der Waals surface area contributed by atoms with Crippen molar-refractivity contribution in [1.82, 2.24) is 0 Å². The quantitative estimate of drug-likeness (QED) is 0.102. The number of ketones is 1. The zero-order valence-electron chi connectivity index (χ0n) is 23.6. The predicted molar refractivity (Wildman–Crippen MR) is 162 cm³/mol. The second kappa shape index (κ2) is 14.2. The van der Waals surface area contributed by atoms with Gasteiger partial charge in [0.2, 0.25) is 11.5 Å². The van der Waals surface area contributed by atoms with Gasteiger partial charge in [-0.15, -0.1) is 0 Å². The maximum absolute atomic E-state index is 13.5. The Morgan fingerprint density at radius 1 is 0.400 bits per heavy atom. The summed E-state index contributed by atoms with van der Waals surface area (Å²) in [7, 11) is 0. The van der Waals surface area contributed by atoms with Gasteiger partial charge >= 0.3 is 23.9 Å². The van der Waals surface area contributed by atoms with Crippen LogP contribution in [0.2, 0.25) is 0 Å². The molecule has 222 valence electrons. The van der Waals surface area contributed by atoms with Crippen LogP contribution in [0.1, 0.15) is 51.8 Å². The molecule has 0 heterocycles. The van der Waals surface area contributed by atoms with Crippen LogP contribution in [0.3, 0.4) is 0 Å². The molecule has 0 spiro atoms. The van der Waals surface area contributed by atoms with Crippen LogP contribution in [0.15, 0.2) is 133 Å². The summed E-state index contributed by atoms with van der Waals surface area (Å²) in [5, 5.41) is 0. The molecule has 0 N–H and O–H groups in total. The van der Waals surface area contributed by atoms with Crippen molar-refractivity contribution in [1.29, 1.82) is 0 Å². The van der Waals surface area contributed by atoms with Gasteiger partial charge in [0.15, 0.2) is 18.1 Å². The third kappa shape index (κ3) is 7.54. The maximum Gasteiger partial charge on any atom is 0.343 e. The Balaban J connectivity index is 1.56. The number of carbonyl (C=O) groups excluding carboxylic acids is 5. The molecule has 0 aliphatic heterocycles. The molecule has 0 saturated carbocycles. The fourth-order valence-electron chi connectivity index (χ4n) is 4.09. The number of ether oxygens (including phenoxy) is 4. The minimum Gasteiger partial charge on any atom is -0.454 e. The number of esters is 4. The highest BCUT2D eigenvalue weighted by molar-refractivity contribution is 6.05. The molecule has 5 aromatic carbocycles. The first kappa shape index (κ1) is 30.1. The minimum absolute atomic E-state index is 0.124. The first-order valence-corrected chi connectivity index (χ1v) is 13.6. The Bertz CT molecular complexity index is 1840. The van der Waals surface area contributed by atoms with Crippen molar-refractivity contribution in [2.75, 3.05) is 6.61 Å². The van der Waals surface area contributed by atoms with Gasteiger partial charge in [0.1, 0.15) is 0 Å². The highest BCUT2D eigenvalue weighted by atomic mass is 16.6. The number of rotatable bonds is 10. The standard InChI is InChI=1S/C36H24O9/c37-29(23-42-33(38)24-13-5-1-6-14-24)28-21-22-30(43-34(39)25-15-7-2-8-16-25)32(45-36(41)27-19-11-4-12-20-27)31(28)44-35(40)26-17-9-3-10-18-26/h1-22H,23H2. The van der Waals surface area contributed by atoms with Crippen LogP contribution in [-0.4, -0.2) is 36.3 Å². The second-order valence-electron chi connectivity index (χ2n) is 9.40. The predicted octanol–water partition coefficient (Wildman–Crippen LogP) is 6.38. The third-order valence-corrected chi connectivity index (χ3v) is 6.34. The van der Waals surface area contributed by atoms with Crippen LogP contribution >= 0.6 is 0 Å². The summed E-state index contributed by atoms with van der Waals surface area (Å²) in [5.74, 6) is -5.43. The zero-order chi connectivity index (χ0) is 31.6. The minimum atomic E-state index is -0.894. The normalized spacial score (nSPS) is 10.3. The van der Waals surface area contributed by atoms with Crippen molar-refractivity contribution in [2.45, 2.75) is 0 Å². The highest BCUT2D eigenvalue weighted by Gasteiger charge is 2.29. The Labute approximate surface area is 257 Å². The number of Topliss-reactive ketones (excluding diaryl/α,β-unsaturated/α-hetero) is 1. The lowest BCUT2D eigenvalue weighted by Crippen LogP contribution is -2.19. The Morgan fingerprint density at radius 2 is 0.778 bits per heavy atom. The van der Waals surface area contributed by atoms with E-state index in [1.165, 1.54) is 60.7 Å². The highest BCUT2D eigenvalue weighted by Crippen LogP contribution is 2.42. The van der Waals surface area contributed by atoms with Crippen LogP contribution in [0.5, 0.6) is 17.2 Å². The van der Waals surface area contributed by atoms with Crippen molar-refractivity contribution in [2.24, 2.45) is 0 Å². The molecule has 0 aromatic heterocycles. The van der Waals surface area contributed by atoms with E-state index in [9.17, 15) is 24.0 Å². The van der Waals surface area contributed by atoms with Gasteiger partial charge in [0.25, 0.3) is 0 Å². The van der Waals surface area contributed by atoms with Gasteiger partial charge in [-0.2, -0.15) is 0 Å². The molecule has 0 fully saturated rings. The lowest BCUT2D eigenvalue weighted by atomic mass is 10.1. The number of hydrogen-bond acceptors (Lipinski definition) is 9. The van der Waals surface area contributed by atoms with Gasteiger partial charge in [-0.25, -0.2) is 19.2 Å². The van der Waals surface area contributed by atoms with Gasteiger partial charge in [-0.1, -0.05) is 72.8 Å². The molecular weight excluding hydrogens is 576 g/mol. The summed E-state index contributed by atoms with van der Waals surface area (Å²) < 4.78 is 22.1. The number of benzene rings is 5. The van der Waals surface area contributed by atoms with E-state index >= 15 is 0 Å². The van der Waals surface area contributed by atoms with Gasteiger partial charge < -0.3 is 18.9 Å². The summed E-state index contributed by atoms with van der Waals surface area (Å²) in [6.07, 6.45) is 0. The first-order valence-electron chi connectivity index (χ1n) is 13.6. The molecule has 0 bridgehead atoms. The van der Waals surface area contributed by atoms with Gasteiger partial charge in [0, 0.05) is 0 Å². The number of carbonyl (C=O) groups is 5. The van der Waals surface area contributed by atoms with E-state index in [0.29, 0.717) is 0 Å². The average Bonchev–Trinajstić information content (AvgIpc) is 3.09. The van der Waals surface area contributed by atoms with E-state index in [1.807, 2.05) is 0 Å². The van der Waals surface area contributed by atoms with Crippen LogP contribution in [0, 0.1) is 0 Å². The smallest absolute Gasteiger partial charge is 0.343 e. The van der Waals surface area contributed by atoms with Crippen LogP contribution in [0.25, 0.3) is 0 Å². The van der Waals surface area contributed by atoms with Crippen LogP contribution < -0.4 is 14.2 Å². The van der Waals surface area contributed by atoms with Gasteiger partial charge in [0.05, 0.1) is 27.8 Å². The maximum atomic E-state index is 13.5. The molecule has 0 aliphatic rings. The van der Waals surface area contributed by atoms with Gasteiger partial charge in [-0.05, 0) is 60.7 Å². The lowest BCUT2D eigenvalue weighted by Gasteiger charge is -2.17. The molecular formula is C36H24O9. The van der Waals surface area contributed by atoms with Crippen molar-refractivity contribution in [3.63, 3.8) is 0 Å². The van der Waals surface area contributed by atoms with Crippen molar-refractivity contribution >= 4 is 29.7 Å². The monoisotopic (exact) mass is 600 g/mol. The largest absolute Gasteiger partial charge is 0.454 e. The molecule has 0 radical (unpaired) electrons. The molecule has 45 heavy (non-hydrogen) atoms. The van der Waals surface area contributed by atoms with E-state index in [1.54, 1.807) is 72.8 Å². The van der Waals surface area contributed by atoms with E-state index in [0.717, 1.165) is 0 Å². The van der Waals surface area contributed by atoms with E-state index < -0.39 is 47.8 Å². The van der Waals surface area contributed by atoms with Crippen molar-refractivity contribution in [3.05, 3.63) is 161 Å². The molecule has 0 unspecified atom stereocenters. The third-order valence-electron chi connectivity index (χ3n) is 6.34. The van der Waals surface area contributed by atoms with Crippen LogP contribution in [0.4, 0.5) is 0 Å². The molecule has 0 saturated heterocycles. The Hall–Kier alpha value is -6.35. The van der Waals surface area contributed by atoms with Gasteiger partial charge in [-0.3, -0.25) is 4.79 Å². The van der Waals surface area contributed by atoms with E-state index in [2.05, 4.69) is 0 Å². The molecule has 5 rings (SSSR count). The van der Waals surface area contributed by atoms with Crippen molar-refractivity contribution in [3.8, 4) is 17.2 Å². The molecule has 0 amide bonds. The van der Waals surface area contributed by atoms with E-state index in [4.69, 9.17) is 18.9 Å². The Morgan fingerprint density at radius 3 is 1.22 bits per heavy atom. The summed E-state index contributed by atoms with van der Waals surface area (Å²) >= 11 is 0. The summed E-state index contributed by atoms with van der Waals surface area (Å²) in [4.78, 5) is 65.5.